The number of amides is 1. The quantitative estimate of drug-likeness (QED) is 0.386. The zero-order valence-electron chi connectivity index (χ0n) is 23.1. The number of carboxylic acid groups (broad SMARTS) is 1. The Balaban J connectivity index is 1.82. The van der Waals surface area contributed by atoms with Crippen molar-refractivity contribution in [2.75, 3.05) is 33.0 Å². The second kappa shape index (κ2) is 12.1. The average Bonchev–Trinajstić information content (AvgIpc) is 2.93. The largest absolute Gasteiger partial charge is 0.494 e. The van der Waals surface area contributed by atoms with Crippen molar-refractivity contribution in [1.29, 1.82) is 0 Å². The molecule has 15 heteroatoms. The highest BCUT2D eigenvalue weighted by atomic mass is 35.5. The molecule has 10 nitrogen and oxygen atoms in total. The van der Waals surface area contributed by atoms with E-state index in [4.69, 9.17) is 16.3 Å². The van der Waals surface area contributed by atoms with Crippen molar-refractivity contribution in [2.45, 2.75) is 50.0 Å². The minimum Gasteiger partial charge on any atom is -0.494 e. The smallest absolute Gasteiger partial charge is 0.416 e. The van der Waals surface area contributed by atoms with Crippen LogP contribution in [0.4, 0.5) is 18.0 Å². The molecule has 0 spiro atoms. The molecule has 0 radical (unpaired) electrons. The molecule has 1 amide bonds. The van der Waals surface area contributed by atoms with E-state index in [1.807, 2.05) is 0 Å². The standard InChI is InChI=1S/C27H30ClF3N4O6S/c1-4-42(39,40)22-8-7-17(28)10-16(22)12-35-15-32-23-19(25(35)36)11-21(27(29,30)31)20(24(23)41-3)14-34-9-5-6-18(13-34)33(2)26(37)38/h7-8,10-11,15,18H,4-6,9,12-14H2,1-3H3,(H,37,38)/t18-/m0/s1. The first-order valence-corrected chi connectivity index (χ1v) is 15.1. The summed E-state index contributed by atoms with van der Waals surface area (Å²) < 4.78 is 75.0. The van der Waals surface area contributed by atoms with Gasteiger partial charge in [-0.2, -0.15) is 13.2 Å². The Morgan fingerprint density at radius 1 is 1.26 bits per heavy atom. The molecule has 0 unspecified atom stereocenters. The number of carbonyl (C=O) groups is 1. The highest BCUT2D eigenvalue weighted by molar-refractivity contribution is 7.91. The molecule has 0 bridgehead atoms. The van der Waals surface area contributed by atoms with E-state index in [1.54, 1.807) is 4.90 Å². The normalized spacial score (nSPS) is 16.5. The summed E-state index contributed by atoms with van der Waals surface area (Å²) in [6.45, 7) is 1.63. The molecule has 1 saturated heterocycles. The second-order valence-electron chi connectivity index (χ2n) is 10.1. The Morgan fingerprint density at radius 3 is 2.60 bits per heavy atom. The third-order valence-corrected chi connectivity index (χ3v) is 9.54. The maximum Gasteiger partial charge on any atom is 0.416 e. The topological polar surface area (TPSA) is 122 Å². The zero-order valence-corrected chi connectivity index (χ0v) is 24.7. The number of benzene rings is 2. The monoisotopic (exact) mass is 630 g/mol. The van der Waals surface area contributed by atoms with Gasteiger partial charge < -0.3 is 14.7 Å². The van der Waals surface area contributed by atoms with E-state index in [0.717, 1.165) is 21.9 Å². The van der Waals surface area contributed by atoms with Gasteiger partial charge in [-0.05, 0) is 49.2 Å². The van der Waals surface area contributed by atoms with Crippen molar-refractivity contribution in [3.63, 3.8) is 0 Å². The number of methoxy groups -OCH3 is 1. The zero-order chi connectivity index (χ0) is 31.0. The van der Waals surface area contributed by atoms with E-state index >= 15 is 0 Å². The summed E-state index contributed by atoms with van der Waals surface area (Å²) in [7, 11) is -1.08. The number of likely N-dealkylation sites (tertiary alicyclic amines) is 1. The molecule has 0 saturated carbocycles. The second-order valence-corrected chi connectivity index (χ2v) is 12.8. The van der Waals surface area contributed by atoms with E-state index in [2.05, 4.69) is 4.98 Å². The van der Waals surface area contributed by atoms with Crippen LogP contribution < -0.4 is 10.3 Å². The first-order valence-electron chi connectivity index (χ1n) is 13.0. The van der Waals surface area contributed by atoms with Crippen LogP contribution in [0.5, 0.6) is 5.75 Å². The average molecular weight is 631 g/mol. The summed E-state index contributed by atoms with van der Waals surface area (Å²) in [4.78, 5) is 32.1. The van der Waals surface area contributed by atoms with Crippen LogP contribution in [0, 0.1) is 0 Å². The predicted molar refractivity (Wildman–Crippen MR) is 150 cm³/mol. The molecule has 4 rings (SSSR count). The SMILES string of the molecule is CCS(=O)(=O)c1ccc(Cl)cc1Cn1cnc2c(OC)c(CN3CCC[C@H](N(C)C(=O)O)C3)c(C(F)(F)F)cc2c1=O. The number of hydrogen-bond donors (Lipinski definition) is 1. The summed E-state index contributed by atoms with van der Waals surface area (Å²) in [6, 6.07) is 4.47. The minimum atomic E-state index is -4.85. The minimum absolute atomic E-state index is 0.0429. The molecule has 2 aromatic carbocycles. The lowest BCUT2D eigenvalue weighted by Gasteiger charge is -2.37. The summed E-state index contributed by atoms with van der Waals surface area (Å²) in [5, 5.41) is 9.22. The van der Waals surface area contributed by atoms with Gasteiger partial charge in [0.15, 0.2) is 9.84 Å². The molecule has 2 heterocycles. The van der Waals surface area contributed by atoms with Gasteiger partial charge in [0.2, 0.25) is 0 Å². The number of ether oxygens (including phenoxy) is 1. The van der Waals surface area contributed by atoms with Crippen LogP contribution in [-0.2, 0) is 29.1 Å². The van der Waals surface area contributed by atoms with Crippen molar-refractivity contribution in [1.82, 2.24) is 19.4 Å². The van der Waals surface area contributed by atoms with Crippen molar-refractivity contribution in [3.8, 4) is 5.75 Å². The number of halogens is 4. The number of sulfone groups is 1. The predicted octanol–water partition coefficient (Wildman–Crippen LogP) is 4.49. The number of piperidine rings is 1. The summed E-state index contributed by atoms with van der Waals surface area (Å²) in [6.07, 6.45) is -3.69. The van der Waals surface area contributed by atoms with Gasteiger partial charge in [0.1, 0.15) is 11.3 Å². The third kappa shape index (κ3) is 6.35. The van der Waals surface area contributed by atoms with E-state index in [0.29, 0.717) is 19.4 Å². The van der Waals surface area contributed by atoms with Gasteiger partial charge in [-0.25, -0.2) is 18.2 Å². The van der Waals surface area contributed by atoms with Crippen LogP contribution in [-0.4, -0.2) is 78.0 Å². The van der Waals surface area contributed by atoms with Crippen molar-refractivity contribution < 1.29 is 36.2 Å². The Bertz CT molecular complexity index is 1680. The van der Waals surface area contributed by atoms with Gasteiger partial charge in [-0.15, -0.1) is 0 Å². The number of fused-ring (bicyclic) bond motifs is 1. The van der Waals surface area contributed by atoms with E-state index < -0.39 is 39.3 Å². The Hall–Kier alpha value is -3.36. The van der Waals surface area contributed by atoms with E-state index in [9.17, 15) is 36.3 Å². The molecule has 1 aromatic heterocycles. The maximum atomic E-state index is 14.4. The molecule has 1 aliphatic heterocycles. The number of hydrogen-bond acceptors (Lipinski definition) is 7. The molecule has 228 valence electrons. The lowest BCUT2D eigenvalue weighted by atomic mass is 9.99. The van der Waals surface area contributed by atoms with Crippen LogP contribution in [0.25, 0.3) is 10.9 Å². The first kappa shape index (κ1) is 31.6. The highest BCUT2D eigenvalue weighted by Gasteiger charge is 2.38. The summed E-state index contributed by atoms with van der Waals surface area (Å²) >= 11 is 6.09. The van der Waals surface area contributed by atoms with Gasteiger partial charge in [0.05, 0.1) is 41.6 Å². The number of aromatic nitrogens is 2. The number of likely N-dealkylation sites (N-methyl/N-ethyl adjacent to an activating group) is 1. The molecule has 1 N–H and O–H groups in total. The third-order valence-electron chi connectivity index (χ3n) is 7.48. The summed E-state index contributed by atoms with van der Waals surface area (Å²) in [5.41, 5.74) is -2.00. The fourth-order valence-corrected chi connectivity index (χ4v) is 6.54. The van der Waals surface area contributed by atoms with Crippen molar-refractivity contribution in [3.05, 3.63) is 62.7 Å². The lowest BCUT2D eigenvalue weighted by molar-refractivity contribution is -0.138. The fraction of sp³-hybridized carbons (Fsp3) is 0.444. The van der Waals surface area contributed by atoms with Gasteiger partial charge in [0.25, 0.3) is 5.56 Å². The molecule has 1 atom stereocenters. The van der Waals surface area contributed by atoms with Crippen LogP contribution in [0.2, 0.25) is 5.02 Å². The number of nitrogens with zero attached hydrogens (tertiary/aromatic N) is 4. The van der Waals surface area contributed by atoms with Crippen LogP contribution >= 0.6 is 11.6 Å². The fourth-order valence-electron chi connectivity index (χ4n) is 5.24. The molecule has 0 aliphatic carbocycles. The van der Waals surface area contributed by atoms with Crippen molar-refractivity contribution >= 4 is 38.4 Å². The van der Waals surface area contributed by atoms with Gasteiger partial charge in [0, 0.05) is 36.8 Å². The first-order chi connectivity index (χ1) is 19.7. The summed E-state index contributed by atoms with van der Waals surface area (Å²) in [5.74, 6) is -0.416. The van der Waals surface area contributed by atoms with E-state index in [1.165, 1.54) is 39.3 Å². The van der Waals surface area contributed by atoms with Gasteiger partial charge in [-0.1, -0.05) is 18.5 Å². The lowest BCUT2D eigenvalue weighted by Crippen LogP contribution is -2.48. The highest BCUT2D eigenvalue weighted by Crippen LogP contribution is 2.40. The van der Waals surface area contributed by atoms with Gasteiger partial charge >= 0.3 is 12.3 Å². The molecule has 42 heavy (non-hydrogen) atoms. The molecular formula is C27H30ClF3N4O6S. The van der Waals surface area contributed by atoms with Crippen LogP contribution in [0.1, 0.15) is 36.5 Å². The Kier molecular flexibility index (Phi) is 9.09. The van der Waals surface area contributed by atoms with E-state index in [-0.39, 0.29) is 63.1 Å². The van der Waals surface area contributed by atoms with Crippen molar-refractivity contribution in [2.24, 2.45) is 0 Å². The van der Waals surface area contributed by atoms with Crippen LogP contribution in [0.3, 0.4) is 0 Å². The maximum absolute atomic E-state index is 14.4. The Labute approximate surface area is 245 Å². The molecule has 3 aromatic rings. The van der Waals surface area contributed by atoms with Gasteiger partial charge in [-0.3, -0.25) is 14.3 Å². The number of alkyl halides is 3. The Morgan fingerprint density at radius 2 is 1.98 bits per heavy atom. The molecular weight excluding hydrogens is 601 g/mol. The van der Waals surface area contributed by atoms with Crippen LogP contribution in [0.15, 0.2) is 40.3 Å². The molecule has 1 fully saturated rings. The number of rotatable bonds is 8. The molecule has 1 aliphatic rings.